The molecule has 0 fully saturated rings. The van der Waals surface area contributed by atoms with Crippen LogP contribution in [0.15, 0.2) is 22.8 Å². The minimum absolute atomic E-state index is 0. The molecule has 0 nitrogen and oxygen atoms in total. The van der Waals surface area contributed by atoms with Crippen LogP contribution in [0.4, 0.5) is 0 Å². The third kappa shape index (κ3) is 1.87. The molecule has 0 aromatic carbocycles. The molecule has 1 unspecified atom stereocenters. The van der Waals surface area contributed by atoms with Crippen molar-refractivity contribution >= 4 is 0 Å². The molecule has 1 heteroatoms. The van der Waals surface area contributed by atoms with Crippen molar-refractivity contribution in [2.24, 2.45) is 5.92 Å². The molecule has 80 valence electrons. The summed E-state index contributed by atoms with van der Waals surface area (Å²) in [5.74, 6) is 2.52. The molecule has 3 aliphatic rings. The molecule has 0 spiro atoms. The van der Waals surface area contributed by atoms with Crippen molar-refractivity contribution in [3.63, 3.8) is 0 Å². The molecule has 0 aliphatic heterocycles. The average molecular weight is 425 g/mol. The molecule has 0 saturated carbocycles. The molecule has 0 N–H and O–H groups in total. The van der Waals surface area contributed by atoms with Crippen molar-refractivity contribution in [3.8, 4) is 0 Å². The Labute approximate surface area is 117 Å². The molecule has 0 aromatic heterocycles. The van der Waals surface area contributed by atoms with E-state index in [0.29, 0.717) is 0 Å². The van der Waals surface area contributed by atoms with E-state index in [1.807, 2.05) is 5.57 Å². The topological polar surface area (TPSA) is 0 Å². The molecule has 3 aliphatic carbocycles. The molecule has 0 heterocycles. The monoisotopic (exact) mass is 425 g/mol. The summed E-state index contributed by atoms with van der Waals surface area (Å²) in [7, 11) is 0. The Morgan fingerprint density at radius 1 is 1.20 bits per heavy atom. The molecule has 0 aromatic rings. The Hall–Kier alpha value is 0.402. The van der Waals surface area contributed by atoms with Crippen LogP contribution in [-0.4, -0.2) is 0 Å². The second-order valence-electron chi connectivity index (χ2n) is 4.98. The Morgan fingerprint density at radius 2 is 2.00 bits per heavy atom. The normalized spacial score (nSPS) is 29.3. The van der Waals surface area contributed by atoms with Gasteiger partial charge in [0.2, 0.25) is 0 Å². The fraction of sp³-hybridized carbons (Fsp3) is 0.643. The maximum absolute atomic E-state index is 2.52. The van der Waals surface area contributed by atoms with Gasteiger partial charge in [-0.25, -0.2) is 0 Å². The van der Waals surface area contributed by atoms with Crippen molar-refractivity contribution in [1.29, 1.82) is 0 Å². The van der Waals surface area contributed by atoms with E-state index in [0.717, 1.165) is 5.92 Å². The molecular weight excluding hydrogens is 406 g/mol. The van der Waals surface area contributed by atoms with Gasteiger partial charge < -0.3 is 0 Å². The number of rotatable bonds is 0. The summed E-state index contributed by atoms with van der Waals surface area (Å²) in [6.45, 7) is 2.36. The Bertz CT molecular complexity index is 311. The van der Waals surface area contributed by atoms with E-state index in [9.17, 15) is 0 Å². The van der Waals surface area contributed by atoms with Crippen LogP contribution in [0.25, 0.3) is 0 Å². The summed E-state index contributed by atoms with van der Waals surface area (Å²) in [6.07, 6.45) is 12.3. The minimum Gasteiger partial charge on any atom is -0.176 e. The SMILES string of the molecule is C[C-]1C2=CCCCC2C2=C1CCCC2.[U]. The zero-order valence-corrected chi connectivity index (χ0v) is 13.8. The summed E-state index contributed by atoms with van der Waals surface area (Å²) in [5, 5.41) is 0. The van der Waals surface area contributed by atoms with Crippen LogP contribution < -0.4 is 0 Å². The van der Waals surface area contributed by atoms with E-state index in [2.05, 4.69) is 13.0 Å². The van der Waals surface area contributed by atoms with Crippen molar-refractivity contribution in [1.82, 2.24) is 0 Å². The summed E-state index contributed by atoms with van der Waals surface area (Å²) < 4.78 is 0. The molecule has 0 radical (unpaired) electrons. The van der Waals surface area contributed by atoms with E-state index in [-0.39, 0.29) is 31.1 Å². The fourth-order valence-electron chi connectivity index (χ4n) is 3.57. The first-order valence-corrected chi connectivity index (χ1v) is 6.14. The predicted molar refractivity (Wildman–Crippen MR) is 59.8 cm³/mol. The van der Waals surface area contributed by atoms with Crippen LogP contribution in [0.5, 0.6) is 0 Å². The van der Waals surface area contributed by atoms with E-state index in [4.69, 9.17) is 0 Å². The van der Waals surface area contributed by atoms with Crippen LogP contribution >= 0.6 is 0 Å². The van der Waals surface area contributed by atoms with Gasteiger partial charge in [0.05, 0.1) is 0 Å². The van der Waals surface area contributed by atoms with Crippen LogP contribution in [0, 0.1) is 42.9 Å². The molecule has 0 bridgehead atoms. The largest absolute Gasteiger partial charge is 0.176 e. The molecule has 0 amide bonds. The van der Waals surface area contributed by atoms with E-state index in [1.54, 1.807) is 17.1 Å². The van der Waals surface area contributed by atoms with E-state index in [1.165, 1.54) is 44.9 Å². The molecule has 15 heavy (non-hydrogen) atoms. The molecular formula is C14H19U-. The third-order valence-electron chi connectivity index (χ3n) is 4.25. The third-order valence-corrected chi connectivity index (χ3v) is 4.25. The second kappa shape index (κ2) is 4.72. The van der Waals surface area contributed by atoms with Gasteiger partial charge in [-0.1, -0.05) is 57.8 Å². The van der Waals surface area contributed by atoms with Crippen molar-refractivity contribution in [2.75, 3.05) is 0 Å². The van der Waals surface area contributed by atoms with Gasteiger partial charge in [-0.2, -0.15) is 28.7 Å². The standard InChI is InChI=1S/C14H19.U/c1-10-11-6-2-4-8-13(11)14-9-5-3-7-12(10)14;/h6,13H,2-5,7-9H2,1H3;/q-1;. The van der Waals surface area contributed by atoms with Crippen molar-refractivity contribution in [3.05, 3.63) is 28.7 Å². The van der Waals surface area contributed by atoms with E-state index >= 15 is 0 Å². The zero-order valence-electron chi connectivity index (χ0n) is 9.60. The van der Waals surface area contributed by atoms with E-state index < -0.39 is 0 Å². The first-order valence-electron chi connectivity index (χ1n) is 6.14. The first kappa shape index (κ1) is 11.9. The smallest absolute Gasteiger partial charge is 0 e. The van der Waals surface area contributed by atoms with Crippen LogP contribution in [0.3, 0.4) is 0 Å². The van der Waals surface area contributed by atoms with Crippen LogP contribution in [-0.2, 0) is 0 Å². The predicted octanol–water partition coefficient (Wildman–Crippen LogP) is 4.19. The van der Waals surface area contributed by atoms with Crippen molar-refractivity contribution in [2.45, 2.75) is 51.9 Å². The first-order chi connectivity index (χ1) is 6.88. The van der Waals surface area contributed by atoms with Crippen molar-refractivity contribution < 1.29 is 31.1 Å². The van der Waals surface area contributed by atoms with Gasteiger partial charge in [-0.15, -0.1) is 0 Å². The molecule has 3 rings (SSSR count). The summed E-state index contributed by atoms with van der Waals surface area (Å²) in [6, 6.07) is 0. The second-order valence-corrected chi connectivity index (χ2v) is 4.98. The fourth-order valence-corrected chi connectivity index (χ4v) is 3.57. The Kier molecular flexibility index (Phi) is 3.74. The Morgan fingerprint density at radius 3 is 2.87 bits per heavy atom. The van der Waals surface area contributed by atoms with Crippen LogP contribution in [0.2, 0.25) is 0 Å². The van der Waals surface area contributed by atoms with Gasteiger partial charge in [0.15, 0.2) is 0 Å². The zero-order chi connectivity index (χ0) is 9.54. The van der Waals surface area contributed by atoms with Gasteiger partial charge in [0, 0.05) is 31.1 Å². The van der Waals surface area contributed by atoms with Crippen LogP contribution in [0.1, 0.15) is 51.9 Å². The maximum Gasteiger partial charge on any atom is 0 e. The summed E-state index contributed by atoms with van der Waals surface area (Å²) in [5.41, 5.74) is 5.30. The minimum atomic E-state index is 0. The summed E-state index contributed by atoms with van der Waals surface area (Å²) in [4.78, 5) is 0. The average Bonchev–Trinajstić information content (AvgIpc) is 2.55. The number of allylic oxidation sites excluding steroid dienone is 4. The number of hydrogen-bond acceptors (Lipinski definition) is 0. The number of hydrogen-bond donors (Lipinski definition) is 0. The maximum atomic E-state index is 2.52. The summed E-state index contributed by atoms with van der Waals surface area (Å²) >= 11 is 0. The quantitative estimate of drug-likeness (QED) is 0.511. The van der Waals surface area contributed by atoms with Gasteiger partial charge in [0.1, 0.15) is 0 Å². The van der Waals surface area contributed by atoms with Gasteiger partial charge in [-0.3, -0.25) is 0 Å². The molecule has 0 saturated heterocycles. The van der Waals surface area contributed by atoms with Gasteiger partial charge >= 0.3 is 0 Å². The number of fused-ring (bicyclic) bond motifs is 2. The Balaban J connectivity index is 0.000000853. The van der Waals surface area contributed by atoms with Gasteiger partial charge in [0.25, 0.3) is 0 Å². The molecule has 1 atom stereocenters. The van der Waals surface area contributed by atoms with Gasteiger partial charge in [-0.05, 0) is 0 Å².